The fraction of sp³-hybridized carbons (Fsp3) is 0.500. The number of pyridine rings is 1. The van der Waals surface area contributed by atoms with Crippen LogP contribution in [0.5, 0.6) is 0 Å². The molecule has 0 spiro atoms. The van der Waals surface area contributed by atoms with Gasteiger partial charge in [0.25, 0.3) is 0 Å². The van der Waals surface area contributed by atoms with Gasteiger partial charge in [-0.3, -0.25) is 4.98 Å². The average molecular weight is 261 g/mol. The van der Waals surface area contributed by atoms with Crippen LogP contribution in [0.1, 0.15) is 5.56 Å². The van der Waals surface area contributed by atoms with Crippen molar-refractivity contribution in [1.82, 2.24) is 10.3 Å². The highest BCUT2D eigenvalue weighted by molar-refractivity contribution is 7.90. The summed E-state index contributed by atoms with van der Waals surface area (Å²) < 4.78 is 23.7. The lowest BCUT2D eigenvalue weighted by atomic mass is 10.1. The normalized spacial score (nSPS) is 17.1. The van der Waals surface area contributed by atoms with Gasteiger partial charge in [-0.25, -0.2) is 8.42 Å². The summed E-state index contributed by atoms with van der Waals surface area (Å²) in [7, 11) is -3.07. The molecular formula is C10H13ClN2O2S. The third-order valence-electron chi connectivity index (χ3n) is 2.59. The minimum absolute atomic E-state index is 0.00481. The summed E-state index contributed by atoms with van der Waals surface area (Å²) in [4.78, 5) is 3.83. The van der Waals surface area contributed by atoms with Gasteiger partial charge in [0.1, 0.15) is 0 Å². The molecule has 1 aromatic rings. The molecule has 1 fully saturated rings. The highest BCUT2D eigenvalue weighted by Gasteiger charge is 2.24. The molecule has 2 heterocycles. The first-order valence-corrected chi connectivity index (χ1v) is 7.26. The number of nitrogens with zero attached hydrogens (tertiary/aromatic N) is 1. The van der Waals surface area contributed by atoms with Crippen molar-refractivity contribution in [3.63, 3.8) is 0 Å². The average Bonchev–Trinajstić information content (AvgIpc) is 2.16. The van der Waals surface area contributed by atoms with Crippen molar-refractivity contribution in [3.05, 3.63) is 29.0 Å². The second-order valence-electron chi connectivity index (χ2n) is 4.05. The van der Waals surface area contributed by atoms with Crippen molar-refractivity contribution in [2.75, 3.05) is 18.8 Å². The van der Waals surface area contributed by atoms with Crippen molar-refractivity contribution >= 4 is 21.4 Å². The zero-order chi connectivity index (χ0) is 11.6. The van der Waals surface area contributed by atoms with Crippen molar-refractivity contribution in [3.8, 4) is 0 Å². The van der Waals surface area contributed by atoms with Gasteiger partial charge in [0.05, 0.1) is 16.5 Å². The maximum absolute atomic E-state index is 11.8. The molecule has 0 atom stereocenters. The van der Waals surface area contributed by atoms with Gasteiger partial charge in [0.15, 0.2) is 9.84 Å². The number of hydrogen-bond acceptors (Lipinski definition) is 4. The van der Waals surface area contributed by atoms with E-state index in [2.05, 4.69) is 10.3 Å². The van der Waals surface area contributed by atoms with Crippen molar-refractivity contribution in [2.24, 2.45) is 5.92 Å². The van der Waals surface area contributed by atoms with Crippen molar-refractivity contribution < 1.29 is 8.42 Å². The molecule has 1 aromatic heterocycles. The predicted octanol–water partition coefficient (Wildman–Crippen LogP) is 0.869. The van der Waals surface area contributed by atoms with Crippen LogP contribution >= 0.6 is 11.6 Å². The highest BCUT2D eigenvalue weighted by Crippen LogP contribution is 2.18. The van der Waals surface area contributed by atoms with Gasteiger partial charge in [0, 0.05) is 25.5 Å². The summed E-state index contributed by atoms with van der Waals surface area (Å²) in [5.74, 6) is 0.495. The summed E-state index contributed by atoms with van der Waals surface area (Å²) in [6.07, 6.45) is 3.03. The maximum atomic E-state index is 11.8. The van der Waals surface area contributed by atoms with E-state index in [0.717, 1.165) is 13.1 Å². The Morgan fingerprint density at radius 2 is 2.25 bits per heavy atom. The topological polar surface area (TPSA) is 59.1 Å². The molecular weight excluding hydrogens is 248 g/mol. The first-order valence-electron chi connectivity index (χ1n) is 5.06. The smallest absolute Gasteiger partial charge is 0.154 e. The molecule has 6 heteroatoms. The summed E-state index contributed by atoms with van der Waals surface area (Å²) in [6.45, 7) is 1.59. The van der Waals surface area contributed by atoms with E-state index >= 15 is 0 Å². The van der Waals surface area contributed by atoms with E-state index in [4.69, 9.17) is 11.6 Å². The van der Waals surface area contributed by atoms with Gasteiger partial charge >= 0.3 is 0 Å². The molecule has 4 nitrogen and oxygen atoms in total. The lowest BCUT2D eigenvalue weighted by molar-refractivity contribution is 0.378. The molecule has 1 N–H and O–H groups in total. The summed E-state index contributed by atoms with van der Waals surface area (Å²) in [6, 6.07) is 1.65. The van der Waals surface area contributed by atoms with Gasteiger partial charge < -0.3 is 5.32 Å². The molecule has 0 aromatic carbocycles. The summed E-state index contributed by atoms with van der Waals surface area (Å²) >= 11 is 5.88. The van der Waals surface area contributed by atoms with Crippen LogP contribution in [0.3, 0.4) is 0 Å². The largest absolute Gasteiger partial charge is 0.316 e. The Kier molecular flexibility index (Phi) is 3.47. The Balaban J connectivity index is 2.05. The number of sulfone groups is 1. The molecule has 0 radical (unpaired) electrons. The second-order valence-corrected chi connectivity index (χ2v) is 6.56. The number of hydrogen-bond donors (Lipinski definition) is 1. The van der Waals surface area contributed by atoms with E-state index in [9.17, 15) is 8.42 Å². The zero-order valence-electron chi connectivity index (χ0n) is 8.69. The quantitative estimate of drug-likeness (QED) is 0.873. The Morgan fingerprint density at radius 3 is 2.81 bits per heavy atom. The van der Waals surface area contributed by atoms with Gasteiger partial charge in [-0.15, -0.1) is 0 Å². The van der Waals surface area contributed by atoms with Crippen LogP contribution in [0.2, 0.25) is 5.02 Å². The Morgan fingerprint density at radius 1 is 1.50 bits per heavy atom. The minimum atomic E-state index is -3.07. The summed E-state index contributed by atoms with van der Waals surface area (Å²) in [5, 5.41) is 3.47. The van der Waals surface area contributed by atoms with Gasteiger partial charge in [-0.1, -0.05) is 11.6 Å². The highest BCUT2D eigenvalue weighted by atomic mass is 35.5. The Hall–Kier alpha value is -0.650. The third kappa shape index (κ3) is 2.93. The fourth-order valence-corrected chi connectivity index (χ4v) is 3.71. The first kappa shape index (κ1) is 11.8. The number of halogens is 1. The lowest BCUT2D eigenvalue weighted by Gasteiger charge is -2.26. The number of aromatic nitrogens is 1. The second kappa shape index (κ2) is 4.69. The number of nitrogens with one attached hydrogen (secondary N) is 1. The van der Waals surface area contributed by atoms with Crippen LogP contribution < -0.4 is 5.32 Å². The molecule has 2 rings (SSSR count). The van der Waals surface area contributed by atoms with E-state index in [1.165, 1.54) is 6.20 Å². The van der Waals surface area contributed by atoms with Gasteiger partial charge in [-0.05, 0) is 17.5 Å². The molecule has 16 heavy (non-hydrogen) atoms. The first-order chi connectivity index (χ1) is 7.57. The molecule has 88 valence electrons. The Bertz CT molecular complexity index is 471. The predicted molar refractivity (Wildman–Crippen MR) is 63.1 cm³/mol. The molecule has 0 bridgehead atoms. The monoisotopic (exact) mass is 260 g/mol. The summed E-state index contributed by atoms with van der Waals surface area (Å²) in [5.41, 5.74) is 0.629. The van der Waals surface area contributed by atoms with E-state index in [-0.39, 0.29) is 17.4 Å². The van der Waals surface area contributed by atoms with Crippen LogP contribution in [0.15, 0.2) is 18.5 Å². The molecule has 0 aliphatic carbocycles. The van der Waals surface area contributed by atoms with E-state index in [1.54, 1.807) is 12.3 Å². The van der Waals surface area contributed by atoms with Crippen molar-refractivity contribution in [1.29, 1.82) is 0 Å². The third-order valence-corrected chi connectivity index (χ3v) is 4.66. The molecule has 1 saturated heterocycles. The van der Waals surface area contributed by atoms with Crippen LogP contribution in [-0.4, -0.2) is 32.2 Å². The van der Waals surface area contributed by atoms with Crippen LogP contribution in [0, 0.1) is 5.92 Å². The molecule has 0 amide bonds. The zero-order valence-corrected chi connectivity index (χ0v) is 10.3. The van der Waals surface area contributed by atoms with Crippen LogP contribution in [0.25, 0.3) is 0 Å². The van der Waals surface area contributed by atoms with Crippen LogP contribution in [-0.2, 0) is 15.6 Å². The van der Waals surface area contributed by atoms with E-state index in [1.807, 2.05) is 0 Å². The molecule has 1 aliphatic heterocycles. The maximum Gasteiger partial charge on any atom is 0.154 e. The fourth-order valence-electron chi connectivity index (χ4n) is 1.64. The van der Waals surface area contributed by atoms with Gasteiger partial charge in [-0.2, -0.15) is 0 Å². The van der Waals surface area contributed by atoms with Crippen LogP contribution in [0.4, 0.5) is 0 Å². The molecule has 1 aliphatic rings. The number of rotatable bonds is 4. The van der Waals surface area contributed by atoms with Gasteiger partial charge in [0.2, 0.25) is 0 Å². The van der Waals surface area contributed by atoms with Crippen molar-refractivity contribution in [2.45, 2.75) is 5.75 Å². The standard InChI is InChI=1S/C10H13ClN2O2S/c11-10-5-12-2-1-9(10)7-16(14,15)6-8-3-13-4-8/h1-2,5,8,13H,3-4,6-7H2. The van der Waals surface area contributed by atoms with E-state index in [0.29, 0.717) is 10.6 Å². The minimum Gasteiger partial charge on any atom is -0.316 e. The van der Waals surface area contributed by atoms with E-state index < -0.39 is 9.84 Å². The molecule has 0 saturated carbocycles. The SMILES string of the molecule is O=S(=O)(Cc1ccncc1Cl)CC1CNC1. The lowest BCUT2D eigenvalue weighted by Crippen LogP contribution is -2.45. The Labute approximate surface area is 99.9 Å². The molecule has 0 unspecified atom stereocenters.